The van der Waals surface area contributed by atoms with Gasteiger partial charge in [0.15, 0.2) is 0 Å². The van der Waals surface area contributed by atoms with Crippen LogP contribution in [0.25, 0.3) is 0 Å². The van der Waals surface area contributed by atoms with Gasteiger partial charge in [-0.1, -0.05) is 36.4 Å². The quantitative estimate of drug-likeness (QED) is 0.839. The molecule has 2 aromatic carbocycles. The maximum absolute atomic E-state index is 12.7. The van der Waals surface area contributed by atoms with Crippen LogP contribution in [0.3, 0.4) is 0 Å². The van der Waals surface area contributed by atoms with Crippen LogP contribution in [0.5, 0.6) is 5.75 Å². The number of rotatable bonds is 5. The molecule has 2 aromatic rings. The zero-order valence-electron chi connectivity index (χ0n) is 12.2. The van der Waals surface area contributed by atoms with Gasteiger partial charge in [-0.2, -0.15) is 0 Å². The van der Waals surface area contributed by atoms with Crippen molar-refractivity contribution in [2.24, 2.45) is 0 Å². The van der Waals surface area contributed by atoms with Crippen molar-refractivity contribution in [1.29, 1.82) is 0 Å². The van der Waals surface area contributed by atoms with E-state index in [0.29, 0.717) is 12.6 Å². The number of benzene rings is 2. The molecule has 1 fully saturated rings. The summed E-state index contributed by atoms with van der Waals surface area (Å²) in [6.07, 6.45) is 2.18. The summed E-state index contributed by atoms with van der Waals surface area (Å²) in [5.74, 6) is 0.938. The van der Waals surface area contributed by atoms with E-state index in [1.807, 2.05) is 59.5 Å². The Balaban J connectivity index is 1.84. The lowest BCUT2D eigenvalue weighted by atomic mass is 10.1. The van der Waals surface area contributed by atoms with Gasteiger partial charge in [-0.25, -0.2) is 0 Å². The lowest BCUT2D eigenvalue weighted by Gasteiger charge is -2.23. The van der Waals surface area contributed by atoms with Crippen molar-refractivity contribution in [3.8, 4) is 5.75 Å². The molecule has 3 heteroatoms. The number of carbonyl (C=O) groups is 1. The molecule has 3 nitrogen and oxygen atoms in total. The van der Waals surface area contributed by atoms with Crippen molar-refractivity contribution in [2.45, 2.75) is 25.4 Å². The van der Waals surface area contributed by atoms with E-state index in [4.69, 9.17) is 4.74 Å². The van der Waals surface area contributed by atoms with Crippen molar-refractivity contribution >= 4 is 5.91 Å². The van der Waals surface area contributed by atoms with E-state index in [1.165, 1.54) is 0 Å². The van der Waals surface area contributed by atoms with Crippen LogP contribution in [0.15, 0.2) is 54.6 Å². The van der Waals surface area contributed by atoms with Gasteiger partial charge in [-0.05, 0) is 31.0 Å². The van der Waals surface area contributed by atoms with E-state index in [9.17, 15) is 4.79 Å². The molecular formula is C18H19NO2. The monoisotopic (exact) mass is 281 g/mol. The number of nitrogens with zero attached hydrogens (tertiary/aromatic N) is 1. The van der Waals surface area contributed by atoms with Crippen LogP contribution >= 0.6 is 0 Å². The second-order valence-electron chi connectivity index (χ2n) is 5.34. The van der Waals surface area contributed by atoms with Crippen molar-refractivity contribution in [1.82, 2.24) is 4.90 Å². The van der Waals surface area contributed by atoms with Gasteiger partial charge >= 0.3 is 0 Å². The van der Waals surface area contributed by atoms with Gasteiger partial charge in [0, 0.05) is 23.7 Å². The maximum Gasteiger partial charge on any atom is 0.254 e. The smallest absolute Gasteiger partial charge is 0.254 e. The first-order valence-corrected chi connectivity index (χ1v) is 7.27. The van der Waals surface area contributed by atoms with Crippen molar-refractivity contribution < 1.29 is 9.53 Å². The van der Waals surface area contributed by atoms with Gasteiger partial charge in [0.1, 0.15) is 5.75 Å². The van der Waals surface area contributed by atoms with E-state index in [-0.39, 0.29) is 5.91 Å². The van der Waals surface area contributed by atoms with Gasteiger partial charge < -0.3 is 9.64 Å². The predicted molar refractivity (Wildman–Crippen MR) is 82.3 cm³/mol. The molecule has 0 radical (unpaired) electrons. The maximum atomic E-state index is 12.7. The molecule has 1 saturated carbocycles. The molecule has 0 saturated heterocycles. The Kier molecular flexibility index (Phi) is 3.91. The molecular weight excluding hydrogens is 262 g/mol. The van der Waals surface area contributed by atoms with Gasteiger partial charge in [0.25, 0.3) is 5.91 Å². The van der Waals surface area contributed by atoms with Crippen LogP contribution < -0.4 is 4.74 Å². The summed E-state index contributed by atoms with van der Waals surface area (Å²) in [6.45, 7) is 0.600. The topological polar surface area (TPSA) is 29.5 Å². The number of hydrogen-bond acceptors (Lipinski definition) is 2. The van der Waals surface area contributed by atoms with Crippen LogP contribution in [0, 0.1) is 0 Å². The lowest BCUT2D eigenvalue weighted by Crippen LogP contribution is -2.32. The molecule has 0 atom stereocenters. The fraction of sp³-hybridized carbons (Fsp3) is 0.278. The fourth-order valence-corrected chi connectivity index (χ4v) is 2.52. The van der Waals surface area contributed by atoms with Crippen LogP contribution in [-0.2, 0) is 6.54 Å². The zero-order chi connectivity index (χ0) is 14.7. The minimum Gasteiger partial charge on any atom is -0.496 e. The Morgan fingerprint density at radius 2 is 1.76 bits per heavy atom. The SMILES string of the molecule is COc1ccccc1CN(C(=O)c1ccccc1)C1CC1. The average Bonchev–Trinajstić information content (AvgIpc) is 3.38. The average molecular weight is 281 g/mol. The van der Waals surface area contributed by atoms with E-state index >= 15 is 0 Å². The summed E-state index contributed by atoms with van der Waals surface area (Å²) in [5, 5.41) is 0. The van der Waals surface area contributed by atoms with Gasteiger partial charge in [0.05, 0.1) is 7.11 Å². The minimum absolute atomic E-state index is 0.101. The largest absolute Gasteiger partial charge is 0.496 e. The molecule has 0 bridgehead atoms. The highest BCUT2D eigenvalue weighted by Gasteiger charge is 2.33. The highest BCUT2D eigenvalue weighted by Crippen LogP contribution is 2.31. The number of amides is 1. The van der Waals surface area contributed by atoms with Crippen LogP contribution in [0.4, 0.5) is 0 Å². The third-order valence-electron chi connectivity index (χ3n) is 3.80. The molecule has 0 heterocycles. The summed E-state index contributed by atoms with van der Waals surface area (Å²) in [7, 11) is 1.67. The van der Waals surface area contributed by atoms with Crippen molar-refractivity contribution in [3.05, 3.63) is 65.7 Å². The summed E-state index contributed by atoms with van der Waals surface area (Å²) in [6, 6.07) is 17.7. The Labute approximate surface area is 125 Å². The number of carbonyl (C=O) groups excluding carboxylic acids is 1. The molecule has 0 aliphatic heterocycles. The number of para-hydroxylation sites is 1. The first-order chi connectivity index (χ1) is 10.3. The van der Waals surface area contributed by atoms with E-state index < -0.39 is 0 Å². The minimum atomic E-state index is 0.101. The van der Waals surface area contributed by atoms with Gasteiger partial charge in [-0.15, -0.1) is 0 Å². The van der Waals surface area contributed by atoms with Crippen LogP contribution in [-0.4, -0.2) is 24.0 Å². The van der Waals surface area contributed by atoms with E-state index in [0.717, 1.165) is 29.7 Å². The van der Waals surface area contributed by atoms with Crippen molar-refractivity contribution in [3.63, 3.8) is 0 Å². The Bertz CT molecular complexity index is 620. The van der Waals surface area contributed by atoms with Gasteiger partial charge in [-0.3, -0.25) is 4.79 Å². The van der Waals surface area contributed by atoms with Crippen LogP contribution in [0.1, 0.15) is 28.8 Å². The normalized spacial score (nSPS) is 13.8. The first-order valence-electron chi connectivity index (χ1n) is 7.27. The summed E-state index contributed by atoms with van der Waals surface area (Å²) in [4.78, 5) is 14.7. The molecule has 108 valence electrons. The van der Waals surface area contributed by atoms with E-state index in [1.54, 1.807) is 7.11 Å². The molecule has 0 spiro atoms. The molecule has 1 aliphatic rings. The highest BCUT2D eigenvalue weighted by atomic mass is 16.5. The lowest BCUT2D eigenvalue weighted by molar-refractivity contribution is 0.0729. The molecule has 21 heavy (non-hydrogen) atoms. The van der Waals surface area contributed by atoms with Crippen LogP contribution in [0.2, 0.25) is 0 Å². The standard InChI is InChI=1S/C18H19NO2/c1-21-17-10-6-5-9-15(17)13-19(16-11-12-16)18(20)14-7-3-2-4-8-14/h2-10,16H,11-13H2,1H3. The number of ether oxygens (including phenoxy) is 1. The third kappa shape index (κ3) is 3.07. The number of methoxy groups -OCH3 is 1. The summed E-state index contributed by atoms with van der Waals surface area (Å²) >= 11 is 0. The molecule has 0 aromatic heterocycles. The molecule has 1 aliphatic carbocycles. The number of hydrogen-bond donors (Lipinski definition) is 0. The fourth-order valence-electron chi connectivity index (χ4n) is 2.52. The summed E-state index contributed by atoms with van der Waals surface area (Å²) in [5.41, 5.74) is 1.80. The third-order valence-corrected chi connectivity index (χ3v) is 3.80. The molecule has 0 N–H and O–H groups in total. The second kappa shape index (κ2) is 6.00. The van der Waals surface area contributed by atoms with Crippen molar-refractivity contribution in [2.75, 3.05) is 7.11 Å². The van der Waals surface area contributed by atoms with Gasteiger partial charge in [0.2, 0.25) is 0 Å². The molecule has 3 rings (SSSR count). The highest BCUT2D eigenvalue weighted by molar-refractivity contribution is 5.94. The Morgan fingerprint density at radius 1 is 1.10 bits per heavy atom. The Morgan fingerprint density at radius 3 is 2.43 bits per heavy atom. The Hall–Kier alpha value is -2.29. The second-order valence-corrected chi connectivity index (χ2v) is 5.34. The summed E-state index contributed by atoms with van der Waals surface area (Å²) < 4.78 is 5.39. The predicted octanol–water partition coefficient (Wildman–Crippen LogP) is 3.50. The van der Waals surface area contributed by atoms with E-state index in [2.05, 4.69) is 0 Å². The first kappa shape index (κ1) is 13.7. The zero-order valence-corrected chi connectivity index (χ0v) is 12.2. The molecule has 0 unspecified atom stereocenters. The molecule has 1 amide bonds.